The van der Waals surface area contributed by atoms with E-state index in [1.165, 1.54) is 18.8 Å². The summed E-state index contributed by atoms with van der Waals surface area (Å²) in [6.07, 6.45) is 0. The lowest BCUT2D eigenvalue weighted by Gasteiger charge is -2.12. The molecule has 0 spiro atoms. The van der Waals surface area contributed by atoms with Crippen molar-refractivity contribution in [1.29, 1.82) is 0 Å². The molecule has 2 aromatic rings. The third-order valence-corrected chi connectivity index (χ3v) is 4.25. The highest BCUT2D eigenvalue weighted by molar-refractivity contribution is 8.00. The van der Waals surface area contributed by atoms with Crippen molar-refractivity contribution < 1.29 is 9.59 Å². The number of thioether (sulfide) groups is 1. The van der Waals surface area contributed by atoms with E-state index in [1.807, 2.05) is 42.7 Å². The molecule has 0 aliphatic carbocycles. The number of urea groups is 1. The van der Waals surface area contributed by atoms with E-state index in [0.717, 1.165) is 17.1 Å². The van der Waals surface area contributed by atoms with Gasteiger partial charge in [0.15, 0.2) is 5.16 Å². The van der Waals surface area contributed by atoms with Crippen LogP contribution in [0.15, 0.2) is 29.4 Å². The normalized spacial score (nSPS) is 11.8. The Morgan fingerprint density at radius 2 is 1.83 bits per heavy atom. The lowest BCUT2D eigenvalue weighted by molar-refractivity contribution is -0.119. The molecule has 23 heavy (non-hydrogen) atoms. The van der Waals surface area contributed by atoms with Crippen molar-refractivity contribution in [3.8, 4) is 5.69 Å². The Morgan fingerprint density at radius 3 is 2.43 bits per heavy atom. The fourth-order valence-electron chi connectivity index (χ4n) is 1.90. The predicted molar refractivity (Wildman–Crippen MR) is 88.8 cm³/mol. The van der Waals surface area contributed by atoms with Crippen LogP contribution in [0.2, 0.25) is 0 Å². The maximum Gasteiger partial charge on any atom is 0.321 e. The van der Waals surface area contributed by atoms with Gasteiger partial charge in [-0.3, -0.25) is 14.7 Å². The van der Waals surface area contributed by atoms with Crippen LogP contribution in [0.4, 0.5) is 4.79 Å². The second-order valence-electron chi connectivity index (χ2n) is 5.03. The van der Waals surface area contributed by atoms with Crippen molar-refractivity contribution in [3.05, 3.63) is 35.7 Å². The lowest BCUT2D eigenvalue weighted by atomic mass is 10.2. The molecule has 0 bridgehead atoms. The van der Waals surface area contributed by atoms with Crippen molar-refractivity contribution in [2.75, 3.05) is 7.05 Å². The van der Waals surface area contributed by atoms with Crippen LogP contribution in [0, 0.1) is 13.8 Å². The number of aryl methyl sites for hydroxylation is 2. The summed E-state index contributed by atoms with van der Waals surface area (Å²) < 4.78 is 1.88. The number of carbonyl (C=O) groups excluding carboxylic acids is 2. The van der Waals surface area contributed by atoms with Gasteiger partial charge in [-0.1, -0.05) is 29.5 Å². The van der Waals surface area contributed by atoms with Gasteiger partial charge in [-0.25, -0.2) is 4.79 Å². The number of aromatic nitrogens is 3. The van der Waals surface area contributed by atoms with Crippen LogP contribution in [0.1, 0.15) is 18.3 Å². The summed E-state index contributed by atoms with van der Waals surface area (Å²) in [5.74, 6) is 0.348. The molecule has 1 aromatic heterocycles. The van der Waals surface area contributed by atoms with Gasteiger partial charge in [0, 0.05) is 12.7 Å². The van der Waals surface area contributed by atoms with E-state index in [0.29, 0.717) is 5.16 Å². The number of rotatable bonds is 4. The predicted octanol–water partition coefficient (Wildman–Crippen LogP) is 1.82. The minimum Gasteiger partial charge on any atom is -0.341 e. The Bertz CT molecular complexity index is 711. The second-order valence-corrected chi connectivity index (χ2v) is 6.34. The number of nitrogens with zero attached hydrogens (tertiary/aromatic N) is 3. The first kappa shape index (κ1) is 17.0. The van der Waals surface area contributed by atoms with Gasteiger partial charge in [0.2, 0.25) is 5.91 Å². The average molecular weight is 333 g/mol. The molecule has 7 nitrogen and oxygen atoms in total. The van der Waals surface area contributed by atoms with Gasteiger partial charge < -0.3 is 5.32 Å². The highest BCUT2D eigenvalue weighted by Gasteiger charge is 2.21. The molecular weight excluding hydrogens is 314 g/mol. The van der Waals surface area contributed by atoms with Gasteiger partial charge in [0.05, 0.1) is 5.25 Å². The van der Waals surface area contributed by atoms with E-state index in [9.17, 15) is 9.59 Å². The van der Waals surface area contributed by atoms with E-state index >= 15 is 0 Å². The van der Waals surface area contributed by atoms with Crippen molar-refractivity contribution in [2.45, 2.75) is 31.2 Å². The van der Waals surface area contributed by atoms with Gasteiger partial charge >= 0.3 is 6.03 Å². The number of benzene rings is 1. The van der Waals surface area contributed by atoms with Crippen molar-refractivity contribution >= 4 is 23.7 Å². The number of hydrogen-bond donors (Lipinski definition) is 2. The maximum atomic E-state index is 12.0. The monoisotopic (exact) mass is 333 g/mol. The van der Waals surface area contributed by atoms with Crippen LogP contribution in [-0.2, 0) is 4.79 Å². The van der Waals surface area contributed by atoms with Gasteiger partial charge in [-0.05, 0) is 32.9 Å². The van der Waals surface area contributed by atoms with Crippen LogP contribution in [0.3, 0.4) is 0 Å². The molecule has 0 saturated carbocycles. The molecule has 2 N–H and O–H groups in total. The number of nitrogens with one attached hydrogen (secondary N) is 2. The van der Waals surface area contributed by atoms with E-state index < -0.39 is 11.3 Å². The van der Waals surface area contributed by atoms with Gasteiger partial charge in [0.25, 0.3) is 0 Å². The summed E-state index contributed by atoms with van der Waals surface area (Å²) in [6, 6.07) is 7.44. The van der Waals surface area contributed by atoms with Gasteiger partial charge in [-0.2, -0.15) is 0 Å². The number of carbonyl (C=O) groups is 2. The Kier molecular flexibility index (Phi) is 5.38. The van der Waals surface area contributed by atoms with Crippen LogP contribution in [0.25, 0.3) is 5.69 Å². The Morgan fingerprint density at radius 1 is 1.17 bits per heavy atom. The van der Waals surface area contributed by atoms with Gasteiger partial charge in [-0.15, -0.1) is 10.2 Å². The highest BCUT2D eigenvalue weighted by Crippen LogP contribution is 2.25. The van der Waals surface area contributed by atoms with Crippen LogP contribution in [-0.4, -0.2) is 39.0 Å². The molecule has 122 valence electrons. The second kappa shape index (κ2) is 7.28. The van der Waals surface area contributed by atoms with E-state index in [1.54, 1.807) is 6.92 Å². The first-order valence-electron chi connectivity index (χ1n) is 7.10. The first-order valence-corrected chi connectivity index (χ1v) is 7.98. The number of imide groups is 1. The van der Waals surface area contributed by atoms with Crippen molar-refractivity contribution in [2.24, 2.45) is 0 Å². The smallest absolute Gasteiger partial charge is 0.321 e. The Balaban J connectivity index is 2.20. The molecule has 2 rings (SSSR count). The summed E-state index contributed by atoms with van der Waals surface area (Å²) in [7, 11) is 1.46. The summed E-state index contributed by atoms with van der Waals surface area (Å²) in [6.45, 7) is 5.59. The highest BCUT2D eigenvalue weighted by atomic mass is 32.2. The fourth-order valence-corrected chi connectivity index (χ4v) is 2.81. The van der Waals surface area contributed by atoms with Crippen molar-refractivity contribution in [3.63, 3.8) is 0 Å². The van der Waals surface area contributed by atoms with Gasteiger partial charge in [0.1, 0.15) is 5.82 Å². The molecule has 8 heteroatoms. The number of amides is 3. The Labute approximate surface area is 138 Å². The Hall–Kier alpha value is -2.35. The molecule has 1 atom stereocenters. The van der Waals surface area contributed by atoms with E-state index in [4.69, 9.17) is 0 Å². The third kappa shape index (κ3) is 4.10. The van der Waals surface area contributed by atoms with Crippen LogP contribution < -0.4 is 10.6 Å². The number of hydrogen-bond acceptors (Lipinski definition) is 5. The fraction of sp³-hybridized carbons (Fsp3) is 0.333. The minimum absolute atomic E-state index is 0.384. The van der Waals surface area contributed by atoms with Crippen molar-refractivity contribution in [1.82, 2.24) is 25.4 Å². The molecule has 0 aliphatic heterocycles. The summed E-state index contributed by atoms with van der Waals surface area (Å²) in [5, 5.41) is 12.9. The summed E-state index contributed by atoms with van der Waals surface area (Å²) in [4.78, 5) is 23.2. The van der Waals surface area contributed by atoms with E-state index in [2.05, 4.69) is 20.8 Å². The largest absolute Gasteiger partial charge is 0.341 e. The molecule has 1 aromatic carbocycles. The molecule has 1 heterocycles. The minimum atomic E-state index is -0.529. The first-order chi connectivity index (χ1) is 10.9. The summed E-state index contributed by atoms with van der Waals surface area (Å²) >= 11 is 1.25. The molecule has 0 saturated heterocycles. The topological polar surface area (TPSA) is 88.9 Å². The molecular formula is C15H19N5O2S. The van der Waals surface area contributed by atoms with Crippen LogP contribution >= 0.6 is 11.8 Å². The summed E-state index contributed by atoms with van der Waals surface area (Å²) in [5.41, 5.74) is 2.09. The molecule has 0 aliphatic rings. The van der Waals surface area contributed by atoms with Crippen LogP contribution in [0.5, 0.6) is 0 Å². The average Bonchev–Trinajstić information content (AvgIpc) is 2.88. The maximum absolute atomic E-state index is 12.0. The zero-order valence-corrected chi connectivity index (χ0v) is 14.3. The zero-order chi connectivity index (χ0) is 17.0. The lowest BCUT2D eigenvalue weighted by Crippen LogP contribution is -2.41. The standard InChI is InChI=1S/C15H19N5O2S/c1-9-5-7-12(8-6-9)20-11(3)18-19-15(20)23-10(2)13(21)17-14(22)16-4/h5-8,10H,1-4H3,(H2,16,17,21,22)/t10-/m1/s1. The zero-order valence-electron chi connectivity index (χ0n) is 13.5. The molecule has 0 fully saturated rings. The quantitative estimate of drug-likeness (QED) is 0.833. The molecule has 0 radical (unpaired) electrons. The SMILES string of the molecule is CNC(=O)NC(=O)[C@@H](C)Sc1nnc(C)n1-c1ccc(C)cc1. The third-order valence-electron chi connectivity index (χ3n) is 3.20. The van der Waals surface area contributed by atoms with E-state index in [-0.39, 0.29) is 5.91 Å². The molecule has 3 amide bonds. The molecule has 0 unspecified atom stereocenters.